The van der Waals surface area contributed by atoms with Crippen LogP contribution in [0.25, 0.3) is 10.6 Å². The molecule has 0 saturated carbocycles. The number of aryl methyl sites for hydroxylation is 2. The average Bonchev–Trinajstić information content (AvgIpc) is 3.13. The lowest BCUT2D eigenvalue weighted by Gasteiger charge is -2.09. The van der Waals surface area contributed by atoms with Crippen molar-refractivity contribution in [2.24, 2.45) is 0 Å². The first-order valence-corrected chi connectivity index (χ1v) is 8.55. The van der Waals surface area contributed by atoms with Gasteiger partial charge < -0.3 is 10.1 Å². The number of nitriles is 1. The molecule has 2 aromatic heterocycles. The zero-order valence-corrected chi connectivity index (χ0v) is 14.5. The molecule has 7 heteroatoms. The average molecular weight is 342 g/mol. The van der Waals surface area contributed by atoms with Crippen LogP contribution in [-0.4, -0.2) is 17.1 Å². The van der Waals surface area contributed by atoms with E-state index in [1.807, 2.05) is 19.2 Å². The van der Waals surface area contributed by atoms with Crippen LogP contribution in [-0.2, 0) is 0 Å². The van der Waals surface area contributed by atoms with Crippen LogP contribution in [0.1, 0.15) is 16.3 Å². The van der Waals surface area contributed by atoms with Crippen LogP contribution < -0.4 is 10.1 Å². The van der Waals surface area contributed by atoms with Crippen molar-refractivity contribution >= 4 is 33.5 Å². The number of thiazole rings is 2. The number of hydrogen-bond acceptors (Lipinski definition) is 7. The molecule has 3 aromatic rings. The second-order valence-electron chi connectivity index (χ2n) is 4.84. The second-order valence-corrected chi connectivity index (χ2v) is 6.90. The van der Waals surface area contributed by atoms with E-state index < -0.39 is 0 Å². The van der Waals surface area contributed by atoms with Crippen molar-refractivity contribution in [3.8, 4) is 22.4 Å². The fourth-order valence-corrected chi connectivity index (χ4v) is 3.86. The Hall–Kier alpha value is -2.43. The van der Waals surface area contributed by atoms with E-state index in [9.17, 15) is 0 Å². The van der Waals surface area contributed by atoms with E-state index in [0.717, 1.165) is 32.1 Å². The molecule has 0 radical (unpaired) electrons. The Morgan fingerprint density at radius 1 is 1.26 bits per heavy atom. The van der Waals surface area contributed by atoms with Gasteiger partial charge in [0.2, 0.25) is 0 Å². The Kier molecular flexibility index (Phi) is 4.28. The van der Waals surface area contributed by atoms with Crippen molar-refractivity contribution in [3.63, 3.8) is 0 Å². The summed E-state index contributed by atoms with van der Waals surface area (Å²) >= 11 is 3.15. The van der Waals surface area contributed by atoms with Gasteiger partial charge in [0, 0.05) is 5.38 Å². The normalized spacial score (nSPS) is 10.3. The molecule has 0 saturated heterocycles. The summed E-state index contributed by atoms with van der Waals surface area (Å²) in [6.07, 6.45) is 0. The van der Waals surface area contributed by atoms with Crippen molar-refractivity contribution in [2.45, 2.75) is 13.8 Å². The molecule has 0 aliphatic heterocycles. The van der Waals surface area contributed by atoms with Gasteiger partial charge in [0.1, 0.15) is 5.75 Å². The summed E-state index contributed by atoms with van der Waals surface area (Å²) < 4.78 is 5.33. The Morgan fingerprint density at radius 3 is 2.74 bits per heavy atom. The highest BCUT2D eigenvalue weighted by Crippen LogP contribution is 2.35. The van der Waals surface area contributed by atoms with Crippen molar-refractivity contribution < 1.29 is 4.74 Å². The van der Waals surface area contributed by atoms with Crippen LogP contribution in [0.15, 0.2) is 23.6 Å². The summed E-state index contributed by atoms with van der Waals surface area (Å²) in [5.41, 5.74) is 3.20. The highest BCUT2D eigenvalue weighted by atomic mass is 32.1. The third-order valence-corrected chi connectivity index (χ3v) is 5.06. The fraction of sp³-hybridized carbons (Fsp3) is 0.188. The summed E-state index contributed by atoms with van der Waals surface area (Å²) in [6, 6.07) is 7.37. The van der Waals surface area contributed by atoms with Gasteiger partial charge in [-0.15, -0.1) is 22.7 Å². The van der Waals surface area contributed by atoms with Crippen LogP contribution in [0.2, 0.25) is 0 Å². The van der Waals surface area contributed by atoms with Gasteiger partial charge >= 0.3 is 0 Å². The topological polar surface area (TPSA) is 70.8 Å². The molecule has 1 aromatic carbocycles. The number of methoxy groups -OCH3 is 1. The third kappa shape index (κ3) is 3.18. The lowest BCUT2D eigenvalue weighted by Crippen LogP contribution is -1.95. The number of anilines is 2. The SMILES string of the molecule is COc1ccc(C#N)cc1Nc1nc(-c2sc(C)nc2C)cs1. The number of aromatic nitrogens is 2. The van der Waals surface area contributed by atoms with Crippen molar-refractivity contribution in [1.29, 1.82) is 5.26 Å². The zero-order chi connectivity index (χ0) is 16.4. The van der Waals surface area contributed by atoms with Crippen LogP contribution in [0, 0.1) is 25.2 Å². The lowest BCUT2D eigenvalue weighted by molar-refractivity contribution is 0.417. The molecule has 0 bridgehead atoms. The number of hydrogen-bond donors (Lipinski definition) is 1. The van der Waals surface area contributed by atoms with Crippen LogP contribution in [0.5, 0.6) is 5.75 Å². The van der Waals surface area contributed by atoms with Gasteiger partial charge in [-0.05, 0) is 32.0 Å². The minimum Gasteiger partial charge on any atom is -0.495 e. The predicted octanol–water partition coefficient (Wildman–Crippen LogP) is 4.51. The van der Waals surface area contributed by atoms with Crippen molar-refractivity contribution in [3.05, 3.63) is 39.8 Å². The van der Waals surface area contributed by atoms with E-state index in [4.69, 9.17) is 10.00 Å². The maximum Gasteiger partial charge on any atom is 0.187 e. The quantitative estimate of drug-likeness (QED) is 0.755. The molecule has 23 heavy (non-hydrogen) atoms. The molecule has 0 spiro atoms. The van der Waals surface area contributed by atoms with Gasteiger partial charge in [-0.3, -0.25) is 0 Å². The largest absolute Gasteiger partial charge is 0.495 e. The Morgan fingerprint density at radius 2 is 2.09 bits per heavy atom. The minimum atomic E-state index is 0.569. The van der Waals surface area contributed by atoms with Gasteiger partial charge in [-0.1, -0.05) is 0 Å². The maximum atomic E-state index is 9.04. The highest BCUT2D eigenvalue weighted by Gasteiger charge is 2.13. The molecule has 116 valence electrons. The van der Waals surface area contributed by atoms with Crippen molar-refractivity contribution in [1.82, 2.24) is 9.97 Å². The van der Waals surface area contributed by atoms with Gasteiger partial charge in [-0.2, -0.15) is 5.26 Å². The van der Waals surface area contributed by atoms with Gasteiger partial charge in [0.25, 0.3) is 0 Å². The van der Waals surface area contributed by atoms with Crippen LogP contribution in [0.4, 0.5) is 10.8 Å². The predicted molar refractivity (Wildman–Crippen MR) is 93.7 cm³/mol. The molecule has 0 unspecified atom stereocenters. The summed E-state index contributed by atoms with van der Waals surface area (Å²) in [6.45, 7) is 3.98. The number of nitrogens with zero attached hydrogens (tertiary/aromatic N) is 3. The molecule has 0 aliphatic rings. The maximum absolute atomic E-state index is 9.04. The van der Waals surface area contributed by atoms with Gasteiger partial charge in [0.05, 0.1) is 45.7 Å². The first-order chi connectivity index (χ1) is 11.1. The molecular weight excluding hydrogens is 328 g/mol. The van der Waals surface area contributed by atoms with E-state index in [2.05, 4.69) is 21.4 Å². The Balaban J connectivity index is 1.90. The standard InChI is InChI=1S/C16H14N4OS2/c1-9-15(23-10(2)18-9)13-8-22-16(20-13)19-12-6-11(7-17)4-5-14(12)21-3/h4-6,8H,1-3H3,(H,19,20). The van der Waals surface area contributed by atoms with E-state index in [-0.39, 0.29) is 0 Å². The summed E-state index contributed by atoms with van der Waals surface area (Å²) in [7, 11) is 1.60. The number of ether oxygens (including phenoxy) is 1. The minimum absolute atomic E-state index is 0.569. The number of benzene rings is 1. The zero-order valence-electron chi connectivity index (χ0n) is 12.9. The first-order valence-electron chi connectivity index (χ1n) is 6.86. The molecule has 0 amide bonds. The smallest absolute Gasteiger partial charge is 0.187 e. The molecule has 0 atom stereocenters. The number of rotatable bonds is 4. The summed E-state index contributed by atoms with van der Waals surface area (Å²) in [5, 5.41) is 16.1. The van der Waals surface area contributed by atoms with Crippen LogP contribution in [0.3, 0.4) is 0 Å². The molecule has 1 N–H and O–H groups in total. The second kappa shape index (κ2) is 6.36. The van der Waals surface area contributed by atoms with E-state index in [1.165, 1.54) is 11.3 Å². The molecule has 3 rings (SSSR count). The summed E-state index contributed by atoms with van der Waals surface area (Å²) in [5.74, 6) is 0.672. The van der Waals surface area contributed by atoms with Crippen LogP contribution >= 0.6 is 22.7 Å². The van der Waals surface area contributed by atoms with E-state index in [0.29, 0.717) is 11.3 Å². The lowest BCUT2D eigenvalue weighted by atomic mass is 10.2. The van der Waals surface area contributed by atoms with E-state index >= 15 is 0 Å². The molecule has 0 aliphatic carbocycles. The van der Waals surface area contributed by atoms with Crippen molar-refractivity contribution in [2.75, 3.05) is 12.4 Å². The molecule has 5 nitrogen and oxygen atoms in total. The van der Waals surface area contributed by atoms with Gasteiger partial charge in [0.15, 0.2) is 5.13 Å². The monoisotopic (exact) mass is 342 g/mol. The van der Waals surface area contributed by atoms with Gasteiger partial charge in [-0.25, -0.2) is 9.97 Å². The fourth-order valence-electron chi connectivity index (χ4n) is 2.19. The first kappa shape index (κ1) is 15.5. The van der Waals surface area contributed by atoms with E-state index in [1.54, 1.807) is 36.6 Å². The third-order valence-electron chi connectivity index (χ3n) is 3.21. The Labute approximate surface area is 142 Å². The number of nitrogens with one attached hydrogen (secondary N) is 1. The molecule has 0 fully saturated rings. The molecular formula is C16H14N4OS2. The summed E-state index contributed by atoms with van der Waals surface area (Å²) in [4.78, 5) is 10.1. The highest BCUT2D eigenvalue weighted by molar-refractivity contribution is 7.16. The molecule has 2 heterocycles. The Bertz CT molecular complexity index is 892.